The molecule has 2 amide bonds. The summed E-state index contributed by atoms with van der Waals surface area (Å²) >= 11 is 6.12. The van der Waals surface area contributed by atoms with Crippen LogP contribution in [-0.4, -0.2) is 48.1 Å². The third-order valence-corrected chi connectivity index (χ3v) is 8.20. The minimum Gasteiger partial charge on any atom is -0.508 e. The Morgan fingerprint density at radius 2 is 2.11 bits per heavy atom. The second-order valence-electron chi connectivity index (χ2n) is 10.5. The van der Waals surface area contributed by atoms with E-state index < -0.39 is 11.5 Å². The number of halogens is 1. The first kappa shape index (κ1) is 25.6. The number of aliphatic hydroxyl groups is 1. The highest BCUT2D eigenvalue weighted by atomic mass is 35.5. The molecule has 0 saturated carbocycles. The normalized spacial score (nSPS) is 27.1. The van der Waals surface area contributed by atoms with Crippen molar-refractivity contribution in [2.45, 2.75) is 38.8 Å². The van der Waals surface area contributed by atoms with Gasteiger partial charge in [0.1, 0.15) is 5.76 Å². The lowest BCUT2D eigenvalue weighted by Crippen LogP contribution is -2.63. The van der Waals surface area contributed by atoms with Crippen molar-refractivity contribution < 1.29 is 19.4 Å². The van der Waals surface area contributed by atoms with E-state index in [9.17, 15) is 14.7 Å². The lowest BCUT2D eigenvalue weighted by Gasteiger charge is -2.53. The Morgan fingerprint density at radius 3 is 2.86 bits per heavy atom. The summed E-state index contributed by atoms with van der Waals surface area (Å²) in [6, 6.07) is 6.92. The van der Waals surface area contributed by atoms with Crippen LogP contribution in [0.2, 0.25) is 5.02 Å². The molecule has 1 fully saturated rings. The molecule has 37 heavy (non-hydrogen) atoms. The zero-order chi connectivity index (χ0) is 26.2. The molecule has 1 aliphatic heterocycles. The van der Waals surface area contributed by atoms with Gasteiger partial charge in [-0.2, -0.15) is 0 Å². The molecule has 4 atom stereocenters. The number of hydrogen-bond acceptors (Lipinski definition) is 4. The highest BCUT2D eigenvalue weighted by molar-refractivity contribution is 6.30. The second kappa shape index (κ2) is 10.3. The lowest BCUT2D eigenvalue weighted by molar-refractivity contribution is -0.148. The van der Waals surface area contributed by atoms with Crippen LogP contribution in [0.3, 0.4) is 0 Å². The molecular weight excluding hydrogens is 488 g/mol. The number of ether oxygens (including phenoxy) is 1. The molecule has 3 aliphatic carbocycles. The summed E-state index contributed by atoms with van der Waals surface area (Å²) in [5, 5.41) is 14.5. The maximum absolute atomic E-state index is 14.2. The number of nitrogens with zero attached hydrogens (tertiary/aromatic N) is 1. The molecular formula is C30H33ClN2O4. The molecule has 194 valence electrons. The van der Waals surface area contributed by atoms with Gasteiger partial charge in [-0.25, -0.2) is 0 Å². The van der Waals surface area contributed by atoms with Crippen LogP contribution in [0.4, 0.5) is 0 Å². The first-order valence-corrected chi connectivity index (χ1v) is 13.2. The van der Waals surface area contributed by atoms with Crippen LogP contribution in [-0.2, 0) is 20.9 Å². The molecule has 1 heterocycles. The molecule has 7 heteroatoms. The Morgan fingerprint density at radius 1 is 1.32 bits per heavy atom. The molecule has 4 unspecified atom stereocenters. The zero-order valence-electron chi connectivity index (χ0n) is 21.2. The number of rotatable bonds is 7. The molecule has 2 bridgehead atoms. The number of hydrogen-bond donors (Lipinski definition) is 2. The summed E-state index contributed by atoms with van der Waals surface area (Å²) in [5.74, 6) is 0.116. The summed E-state index contributed by atoms with van der Waals surface area (Å²) in [5.41, 5.74) is 2.91. The monoisotopic (exact) mass is 520 g/mol. The number of methoxy groups -OCH3 is 1. The van der Waals surface area contributed by atoms with Gasteiger partial charge in [0.25, 0.3) is 0 Å². The molecule has 0 aromatic heterocycles. The summed E-state index contributed by atoms with van der Waals surface area (Å²) in [6.07, 6.45) is 13.1. The largest absolute Gasteiger partial charge is 0.508 e. The smallest absolute Gasteiger partial charge is 0.233 e. The fourth-order valence-corrected chi connectivity index (χ4v) is 6.30. The molecule has 0 radical (unpaired) electrons. The van der Waals surface area contributed by atoms with Crippen LogP contribution in [0.15, 0.2) is 83.2 Å². The lowest BCUT2D eigenvalue weighted by atomic mass is 9.58. The Bertz CT molecular complexity index is 1240. The SMILES string of the molecule is COCC(C)CNC(=O)C12CCC(=O)N(Cc3ccc(Cl)cc3)C1C1=CC(O)=CCC3=CC=CC2=CC31. The van der Waals surface area contributed by atoms with E-state index in [0.717, 1.165) is 22.3 Å². The van der Waals surface area contributed by atoms with Gasteiger partial charge < -0.3 is 20.1 Å². The molecule has 1 saturated heterocycles. The van der Waals surface area contributed by atoms with Gasteiger partial charge in [0, 0.05) is 37.6 Å². The number of carbonyl (C=O) groups is 2. The third kappa shape index (κ3) is 4.69. The van der Waals surface area contributed by atoms with E-state index in [1.807, 2.05) is 48.2 Å². The van der Waals surface area contributed by atoms with Gasteiger partial charge in [0.2, 0.25) is 11.8 Å². The van der Waals surface area contributed by atoms with E-state index in [0.29, 0.717) is 37.6 Å². The Hall–Kier alpha value is -3.09. The van der Waals surface area contributed by atoms with E-state index in [2.05, 4.69) is 17.5 Å². The van der Waals surface area contributed by atoms with Gasteiger partial charge in [-0.3, -0.25) is 9.59 Å². The van der Waals surface area contributed by atoms with Gasteiger partial charge in [-0.1, -0.05) is 60.5 Å². The molecule has 2 N–H and O–H groups in total. The second-order valence-corrected chi connectivity index (χ2v) is 10.9. The summed E-state index contributed by atoms with van der Waals surface area (Å²) in [4.78, 5) is 29.7. The van der Waals surface area contributed by atoms with Crippen LogP contribution in [0.1, 0.15) is 31.7 Å². The number of piperidine rings is 1. The number of amides is 2. The number of allylic oxidation sites excluding steroid dienone is 7. The molecule has 5 rings (SSSR count). The van der Waals surface area contributed by atoms with Crippen LogP contribution in [0.5, 0.6) is 0 Å². The van der Waals surface area contributed by atoms with Crippen LogP contribution >= 0.6 is 11.6 Å². The van der Waals surface area contributed by atoms with E-state index in [1.165, 1.54) is 0 Å². The Balaban J connectivity index is 1.64. The number of likely N-dealkylation sites (tertiary alicyclic amines) is 1. The van der Waals surface area contributed by atoms with Gasteiger partial charge in [-0.05, 0) is 59.8 Å². The number of benzene rings is 1. The van der Waals surface area contributed by atoms with Crippen molar-refractivity contribution in [2.75, 3.05) is 20.3 Å². The Labute approximate surface area is 223 Å². The minimum atomic E-state index is -0.972. The molecule has 4 aliphatic rings. The highest BCUT2D eigenvalue weighted by Crippen LogP contribution is 2.55. The topological polar surface area (TPSA) is 78.9 Å². The van der Waals surface area contributed by atoms with E-state index in [1.54, 1.807) is 19.3 Å². The number of aliphatic hydroxyl groups excluding tert-OH is 1. The standard InChI is InChI=1S/C30H33ClN2O4/c1-19(18-37-2)16-32-29(36)30-13-12-27(35)33(17-20-6-9-23(31)10-7-20)28(30)26-15-24(34)11-8-21-4-3-5-22(30)14-25(21)26/h3-7,9-11,14-15,19,25,28,34H,8,12-13,16-18H2,1-2H3,(H,32,36). The van der Waals surface area contributed by atoms with Crippen LogP contribution in [0, 0.1) is 17.3 Å². The quantitative estimate of drug-likeness (QED) is 0.528. The predicted octanol–water partition coefficient (Wildman–Crippen LogP) is 5.04. The summed E-state index contributed by atoms with van der Waals surface area (Å²) in [6.45, 7) is 3.39. The fourth-order valence-electron chi connectivity index (χ4n) is 6.18. The van der Waals surface area contributed by atoms with Crippen molar-refractivity contribution in [3.05, 3.63) is 93.8 Å². The third-order valence-electron chi connectivity index (χ3n) is 7.95. The first-order valence-electron chi connectivity index (χ1n) is 12.8. The summed E-state index contributed by atoms with van der Waals surface area (Å²) < 4.78 is 5.27. The molecule has 1 aromatic carbocycles. The van der Waals surface area contributed by atoms with Crippen molar-refractivity contribution in [1.29, 1.82) is 0 Å². The van der Waals surface area contributed by atoms with Gasteiger partial charge in [0.15, 0.2) is 0 Å². The van der Waals surface area contributed by atoms with E-state index >= 15 is 0 Å². The Kier molecular flexibility index (Phi) is 7.15. The van der Waals surface area contributed by atoms with Crippen molar-refractivity contribution in [3.8, 4) is 0 Å². The van der Waals surface area contributed by atoms with Crippen molar-refractivity contribution in [2.24, 2.45) is 17.3 Å². The van der Waals surface area contributed by atoms with Gasteiger partial charge in [0.05, 0.1) is 18.1 Å². The number of fused-ring (bicyclic) bond motifs is 3. The predicted molar refractivity (Wildman–Crippen MR) is 144 cm³/mol. The summed E-state index contributed by atoms with van der Waals surface area (Å²) in [7, 11) is 1.65. The fraction of sp³-hybridized carbons (Fsp3) is 0.400. The highest BCUT2D eigenvalue weighted by Gasteiger charge is 2.58. The van der Waals surface area contributed by atoms with E-state index in [-0.39, 0.29) is 35.8 Å². The molecule has 6 nitrogen and oxygen atoms in total. The average Bonchev–Trinajstić information content (AvgIpc) is 3.16. The van der Waals surface area contributed by atoms with Crippen LogP contribution in [0.25, 0.3) is 0 Å². The average molecular weight is 521 g/mol. The number of nitrogens with one attached hydrogen (secondary N) is 1. The minimum absolute atomic E-state index is 0.00139. The number of carbonyl (C=O) groups excluding carboxylic acids is 2. The van der Waals surface area contributed by atoms with Crippen LogP contribution < -0.4 is 5.32 Å². The first-order chi connectivity index (χ1) is 17.8. The molecule has 0 spiro atoms. The van der Waals surface area contributed by atoms with Gasteiger partial charge >= 0.3 is 0 Å². The van der Waals surface area contributed by atoms with Crippen molar-refractivity contribution in [3.63, 3.8) is 0 Å². The van der Waals surface area contributed by atoms with Crippen molar-refractivity contribution >= 4 is 23.4 Å². The van der Waals surface area contributed by atoms with E-state index in [4.69, 9.17) is 16.3 Å². The molecule has 1 aromatic rings. The maximum Gasteiger partial charge on any atom is 0.233 e. The zero-order valence-corrected chi connectivity index (χ0v) is 22.0. The maximum atomic E-state index is 14.2. The van der Waals surface area contributed by atoms with Gasteiger partial charge in [-0.15, -0.1) is 0 Å². The van der Waals surface area contributed by atoms with Crippen molar-refractivity contribution in [1.82, 2.24) is 10.2 Å².